The number of rotatable bonds is 3. The van der Waals surface area contributed by atoms with Crippen LogP contribution in [-0.2, 0) is 0 Å². The van der Waals surface area contributed by atoms with Crippen molar-refractivity contribution >= 4 is 16.7 Å². The monoisotopic (exact) mass is 459 g/mol. The summed E-state index contributed by atoms with van der Waals surface area (Å²) in [5.74, 6) is 1.05. The molecule has 6 heterocycles. The molecule has 4 aliphatic rings. The molecule has 0 bridgehead atoms. The van der Waals surface area contributed by atoms with Gasteiger partial charge < -0.3 is 14.4 Å². The number of hydrogen-bond donors (Lipinski definition) is 0. The second-order valence-corrected chi connectivity index (χ2v) is 10.4. The van der Waals surface area contributed by atoms with E-state index >= 15 is 4.39 Å². The largest absolute Gasteiger partial charge is 0.475 e. The molecule has 0 N–H and O–H groups in total. The lowest BCUT2D eigenvalue weighted by Crippen LogP contribution is -2.43. The van der Waals surface area contributed by atoms with E-state index in [9.17, 15) is 4.39 Å². The number of halogens is 2. The molecule has 0 spiro atoms. The lowest BCUT2D eigenvalue weighted by atomic mass is 9.91. The predicted molar refractivity (Wildman–Crippen MR) is 120 cm³/mol. The third-order valence-corrected chi connectivity index (χ3v) is 7.86. The zero-order chi connectivity index (χ0) is 22.7. The van der Waals surface area contributed by atoms with Crippen molar-refractivity contribution in [1.82, 2.24) is 19.9 Å². The van der Waals surface area contributed by atoms with Gasteiger partial charge in [0.05, 0.1) is 17.3 Å². The summed E-state index contributed by atoms with van der Waals surface area (Å²) in [6, 6.07) is 0.303. The molecule has 0 aromatic carbocycles. The van der Waals surface area contributed by atoms with Gasteiger partial charge in [-0.05, 0) is 32.1 Å². The predicted octanol–water partition coefficient (Wildman–Crippen LogP) is 3.81. The Hall–Kier alpha value is -2.29. The van der Waals surface area contributed by atoms with Gasteiger partial charge in [-0.3, -0.25) is 4.90 Å². The molecule has 2 aromatic rings. The van der Waals surface area contributed by atoms with Gasteiger partial charge in [0, 0.05) is 26.1 Å². The Morgan fingerprint density at radius 2 is 2.03 bits per heavy atom. The molecule has 4 aliphatic heterocycles. The normalized spacial score (nSPS) is 31.6. The van der Waals surface area contributed by atoms with E-state index in [1.165, 1.54) is 0 Å². The fourth-order valence-electron chi connectivity index (χ4n) is 6.41. The molecule has 9 heteroatoms. The number of anilines is 1. The summed E-state index contributed by atoms with van der Waals surface area (Å²) in [7, 11) is 0. The summed E-state index contributed by atoms with van der Waals surface area (Å²) in [5.41, 5.74) is 0.0965. The van der Waals surface area contributed by atoms with Crippen LogP contribution < -0.4 is 14.4 Å². The standard InChI is InChI=1S/C24H31F2N5O2/c1-14-8-24(9-16(25)11-30(24)10-14)13-33-23-28-20-18-21(29-23)31-7-5-3-4-6-17(31)12-32-22(18)27-15(2)19(20)26/h14,16-17H,3-13H2,1-2H3/t14-,16-,17+,24-/m1/s1. The lowest BCUT2D eigenvalue weighted by Gasteiger charge is -2.31. The lowest BCUT2D eigenvalue weighted by molar-refractivity contribution is 0.107. The molecule has 33 heavy (non-hydrogen) atoms. The molecular formula is C24H31F2N5O2. The van der Waals surface area contributed by atoms with Crippen molar-refractivity contribution in [2.24, 2.45) is 5.92 Å². The van der Waals surface area contributed by atoms with E-state index in [-0.39, 0.29) is 28.8 Å². The van der Waals surface area contributed by atoms with Crippen molar-refractivity contribution in [1.29, 1.82) is 0 Å². The van der Waals surface area contributed by atoms with Gasteiger partial charge in [-0.15, -0.1) is 0 Å². The average molecular weight is 460 g/mol. The smallest absolute Gasteiger partial charge is 0.319 e. The quantitative estimate of drug-likeness (QED) is 0.692. The summed E-state index contributed by atoms with van der Waals surface area (Å²) in [6.07, 6.45) is 4.82. The van der Waals surface area contributed by atoms with Gasteiger partial charge in [-0.2, -0.15) is 9.97 Å². The molecule has 7 nitrogen and oxygen atoms in total. The Morgan fingerprint density at radius 3 is 2.91 bits per heavy atom. The third kappa shape index (κ3) is 3.50. The van der Waals surface area contributed by atoms with Crippen molar-refractivity contribution in [2.45, 2.75) is 70.1 Å². The number of hydrogen-bond acceptors (Lipinski definition) is 7. The van der Waals surface area contributed by atoms with E-state index in [1.54, 1.807) is 6.92 Å². The minimum atomic E-state index is -0.841. The van der Waals surface area contributed by atoms with E-state index in [2.05, 4.69) is 26.7 Å². The van der Waals surface area contributed by atoms with Crippen LogP contribution >= 0.6 is 0 Å². The summed E-state index contributed by atoms with van der Waals surface area (Å²) in [5, 5.41) is 0.522. The molecule has 2 aromatic heterocycles. The number of alkyl halides is 1. The molecule has 0 aliphatic carbocycles. The van der Waals surface area contributed by atoms with Gasteiger partial charge in [-0.25, -0.2) is 13.8 Å². The van der Waals surface area contributed by atoms with E-state index in [4.69, 9.17) is 14.5 Å². The third-order valence-electron chi connectivity index (χ3n) is 7.86. The summed E-state index contributed by atoms with van der Waals surface area (Å²) >= 11 is 0. The highest BCUT2D eigenvalue weighted by molar-refractivity contribution is 5.95. The van der Waals surface area contributed by atoms with Crippen LogP contribution in [0.3, 0.4) is 0 Å². The molecule has 0 radical (unpaired) electrons. The first-order valence-electron chi connectivity index (χ1n) is 12.2. The molecule has 3 fully saturated rings. The van der Waals surface area contributed by atoms with Gasteiger partial charge in [0.25, 0.3) is 0 Å². The van der Waals surface area contributed by atoms with Gasteiger partial charge >= 0.3 is 6.01 Å². The molecular weight excluding hydrogens is 428 g/mol. The van der Waals surface area contributed by atoms with Crippen molar-refractivity contribution in [3.63, 3.8) is 0 Å². The van der Waals surface area contributed by atoms with Crippen molar-refractivity contribution in [3.8, 4) is 11.9 Å². The zero-order valence-corrected chi connectivity index (χ0v) is 19.3. The van der Waals surface area contributed by atoms with Crippen LogP contribution in [0.1, 0.15) is 51.1 Å². The minimum absolute atomic E-state index is 0.147. The molecule has 3 saturated heterocycles. The molecule has 4 atom stereocenters. The molecule has 0 amide bonds. The summed E-state index contributed by atoms with van der Waals surface area (Å²) in [6.45, 7) is 6.77. The fourth-order valence-corrected chi connectivity index (χ4v) is 6.41. The number of nitrogens with zero attached hydrogens (tertiary/aromatic N) is 5. The maximum absolute atomic E-state index is 15.3. The Balaban J connectivity index is 1.41. The molecule has 178 valence electrons. The van der Waals surface area contributed by atoms with Gasteiger partial charge in [0.2, 0.25) is 5.88 Å². The Bertz CT molecular complexity index is 1070. The SMILES string of the molecule is Cc1nc2c3c(nc(OC[C@]45C[C@@H](C)CN4C[C@H](F)C5)nc3c1F)N1CCCCC[C@H]1CO2. The topological polar surface area (TPSA) is 63.6 Å². The summed E-state index contributed by atoms with van der Waals surface area (Å²) < 4.78 is 41.8. The first kappa shape index (κ1) is 21.3. The van der Waals surface area contributed by atoms with Gasteiger partial charge in [-0.1, -0.05) is 19.8 Å². The second-order valence-electron chi connectivity index (χ2n) is 10.4. The van der Waals surface area contributed by atoms with Crippen molar-refractivity contribution in [2.75, 3.05) is 37.7 Å². The minimum Gasteiger partial charge on any atom is -0.475 e. The average Bonchev–Trinajstić information content (AvgIpc) is 3.05. The van der Waals surface area contributed by atoms with Crippen LogP contribution in [0.25, 0.3) is 10.9 Å². The Kier molecular flexibility index (Phi) is 5.08. The van der Waals surface area contributed by atoms with Crippen LogP contribution in [0, 0.1) is 18.7 Å². The van der Waals surface area contributed by atoms with Crippen LogP contribution in [0.15, 0.2) is 0 Å². The van der Waals surface area contributed by atoms with Gasteiger partial charge in [0.1, 0.15) is 36.1 Å². The van der Waals surface area contributed by atoms with Crippen LogP contribution in [0.5, 0.6) is 11.9 Å². The zero-order valence-electron chi connectivity index (χ0n) is 19.3. The maximum atomic E-state index is 15.3. The maximum Gasteiger partial charge on any atom is 0.319 e. The number of pyridine rings is 1. The van der Waals surface area contributed by atoms with E-state index in [0.29, 0.717) is 49.2 Å². The Morgan fingerprint density at radius 1 is 1.15 bits per heavy atom. The first-order valence-corrected chi connectivity index (χ1v) is 12.2. The van der Waals surface area contributed by atoms with Crippen LogP contribution in [0.2, 0.25) is 0 Å². The highest BCUT2D eigenvalue weighted by Crippen LogP contribution is 2.43. The number of aryl methyl sites for hydroxylation is 1. The van der Waals surface area contributed by atoms with E-state index in [0.717, 1.165) is 45.2 Å². The van der Waals surface area contributed by atoms with E-state index < -0.39 is 12.0 Å². The number of fused-ring (bicyclic) bond motifs is 3. The molecule has 6 rings (SSSR count). The Labute approximate surface area is 192 Å². The van der Waals surface area contributed by atoms with Crippen LogP contribution in [0.4, 0.5) is 14.6 Å². The molecule has 0 unspecified atom stereocenters. The first-order chi connectivity index (χ1) is 15.9. The fraction of sp³-hybridized carbons (Fsp3) is 0.708. The highest BCUT2D eigenvalue weighted by atomic mass is 19.1. The van der Waals surface area contributed by atoms with Crippen molar-refractivity contribution in [3.05, 3.63) is 11.5 Å². The van der Waals surface area contributed by atoms with Gasteiger partial charge in [0.15, 0.2) is 5.82 Å². The number of aromatic nitrogens is 3. The summed E-state index contributed by atoms with van der Waals surface area (Å²) in [4.78, 5) is 18.1. The number of ether oxygens (including phenoxy) is 2. The van der Waals surface area contributed by atoms with Crippen LogP contribution in [-0.4, -0.2) is 70.5 Å². The molecule has 0 saturated carbocycles. The van der Waals surface area contributed by atoms with E-state index in [1.807, 2.05) is 0 Å². The van der Waals surface area contributed by atoms with Crippen molar-refractivity contribution < 1.29 is 18.3 Å². The highest BCUT2D eigenvalue weighted by Gasteiger charge is 2.51. The second kappa shape index (κ2) is 7.89.